The Hall–Kier alpha value is -6.40. The minimum atomic E-state index is -1.26. The number of anilines is 1. The standard InChI is InChI=1S/C44H36N4O3S/c1-2-3-4-5-26-51-40-21-16-35(17-22-40)33-10-12-36(13-11-33)43-28-38(18-23-41-24-25-42(52-41)27-37(30-46)44(49)50)47-48(43)39-19-14-34(15-20-39)32-8-6-31(29-45)7-9-32/h6-17,19-22,24-25,27,43H,2-5,26,28H2,1H3,(H,49,50)/b37-27-. The summed E-state index contributed by atoms with van der Waals surface area (Å²) < 4.78 is 5.94. The maximum absolute atomic E-state index is 11.3. The van der Waals surface area contributed by atoms with E-state index in [0.29, 0.717) is 16.9 Å². The van der Waals surface area contributed by atoms with Gasteiger partial charge in [-0.15, -0.1) is 11.3 Å². The predicted octanol–water partition coefficient (Wildman–Crippen LogP) is 10.3. The van der Waals surface area contributed by atoms with E-state index in [0.717, 1.165) is 62.9 Å². The molecule has 0 radical (unpaired) electrons. The van der Waals surface area contributed by atoms with Crippen LogP contribution >= 0.6 is 11.3 Å². The Labute approximate surface area is 308 Å². The number of hydrazone groups is 1. The summed E-state index contributed by atoms with van der Waals surface area (Å²) in [6, 6.07) is 39.9. The highest BCUT2D eigenvalue weighted by atomic mass is 32.1. The molecule has 1 aliphatic rings. The smallest absolute Gasteiger partial charge is 0.346 e. The number of thiophene rings is 1. The molecule has 0 saturated carbocycles. The molecule has 256 valence electrons. The Bertz CT molecular complexity index is 2230. The van der Waals surface area contributed by atoms with Crippen LogP contribution in [0.3, 0.4) is 0 Å². The first-order valence-electron chi connectivity index (χ1n) is 17.2. The second-order valence-corrected chi connectivity index (χ2v) is 13.4. The molecule has 0 fully saturated rings. The number of rotatable bonds is 12. The lowest BCUT2D eigenvalue weighted by atomic mass is 9.97. The molecule has 0 saturated heterocycles. The summed E-state index contributed by atoms with van der Waals surface area (Å²) in [5, 5.41) is 34.5. The van der Waals surface area contributed by atoms with Crippen molar-refractivity contribution in [1.82, 2.24) is 0 Å². The van der Waals surface area contributed by atoms with Gasteiger partial charge in [-0.3, -0.25) is 5.01 Å². The van der Waals surface area contributed by atoms with E-state index in [4.69, 9.17) is 15.1 Å². The third kappa shape index (κ3) is 8.84. The Morgan fingerprint density at radius 3 is 2.10 bits per heavy atom. The summed E-state index contributed by atoms with van der Waals surface area (Å²) in [5.41, 5.74) is 7.34. The number of carboxylic acids is 1. The molecule has 1 aromatic heterocycles. The molecule has 5 aromatic rings. The highest BCUT2D eigenvalue weighted by Crippen LogP contribution is 2.37. The summed E-state index contributed by atoms with van der Waals surface area (Å²) in [4.78, 5) is 12.6. The Balaban J connectivity index is 1.23. The summed E-state index contributed by atoms with van der Waals surface area (Å²) in [6.45, 7) is 2.94. The highest BCUT2D eigenvalue weighted by Gasteiger charge is 2.29. The number of ether oxygens (including phenoxy) is 1. The van der Waals surface area contributed by atoms with Crippen LogP contribution in [0.25, 0.3) is 28.3 Å². The van der Waals surface area contributed by atoms with Crippen molar-refractivity contribution in [3.63, 3.8) is 0 Å². The number of aliphatic carboxylic acids is 1. The zero-order chi connectivity index (χ0) is 36.3. The topological polar surface area (TPSA) is 110 Å². The predicted molar refractivity (Wildman–Crippen MR) is 208 cm³/mol. The third-order valence-electron chi connectivity index (χ3n) is 8.73. The van der Waals surface area contributed by atoms with Gasteiger partial charge in [0.2, 0.25) is 0 Å². The second kappa shape index (κ2) is 17.0. The number of unbranched alkanes of at least 4 members (excludes halogenated alkanes) is 3. The monoisotopic (exact) mass is 700 g/mol. The van der Waals surface area contributed by atoms with E-state index < -0.39 is 5.97 Å². The Morgan fingerprint density at radius 2 is 1.48 bits per heavy atom. The maximum Gasteiger partial charge on any atom is 0.346 e. The van der Waals surface area contributed by atoms with Crippen LogP contribution in [0.4, 0.5) is 5.69 Å². The minimum Gasteiger partial charge on any atom is -0.494 e. The molecule has 4 aromatic carbocycles. The fourth-order valence-corrected chi connectivity index (χ4v) is 6.71. The van der Waals surface area contributed by atoms with Crippen molar-refractivity contribution >= 4 is 34.8 Å². The van der Waals surface area contributed by atoms with Gasteiger partial charge in [-0.25, -0.2) is 4.79 Å². The zero-order valence-electron chi connectivity index (χ0n) is 28.8. The largest absolute Gasteiger partial charge is 0.494 e. The van der Waals surface area contributed by atoms with Gasteiger partial charge in [0.25, 0.3) is 0 Å². The average molecular weight is 701 g/mol. The van der Waals surface area contributed by atoms with E-state index in [-0.39, 0.29) is 11.6 Å². The van der Waals surface area contributed by atoms with Crippen molar-refractivity contribution in [2.75, 3.05) is 11.6 Å². The van der Waals surface area contributed by atoms with Crippen LogP contribution in [0.5, 0.6) is 5.75 Å². The Morgan fingerprint density at radius 1 is 0.846 bits per heavy atom. The molecule has 6 rings (SSSR count). The zero-order valence-corrected chi connectivity index (χ0v) is 29.6. The molecular weight excluding hydrogens is 665 g/mol. The SMILES string of the molecule is CCCCCCOc1ccc(-c2ccc(C3CC(C#Cc4ccc(/C=C(/C#N)C(=O)O)s4)=NN3c3ccc(-c4ccc(C#N)cc4)cc3)cc2)cc1. The van der Waals surface area contributed by atoms with E-state index in [1.807, 2.05) is 47.5 Å². The van der Waals surface area contributed by atoms with Crippen LogP contribution in [0.2, 0.25) is 0 Å². The van der Waals surface area contributed by atoms with E-state index in [2.05, 4.69) is 85.5 Å². The van der Waals surface area contributed by atoms with Gasteiger partial charge >= 0.3 is 5.97 Å². The maximum atomic E-state index is 11.3. The van der Waals surface area contributed by atoms with Gasteiger partial charge in [-0.1, -0.05) is 86.8 Å². The molecule has 0 spiro atoms. The minimum absolute atomic E-state index is 0.0850. The number of carbonyl (C=O) groups is 1. The van der Waals surface area contributed by atoms with E-state index in [1.54, 1.807) is 12.1 Å². The number of benzene rings is 4. The molecule has 1 N–H and O–H groups in total. The molecule has 8 heteroatoms. The molecule has 0 amide bonds. The first kappa shape index (κ1) is 35.4. The summed E-state index contributed by atoms with van der Waals surface area (Å²) >= 11 is 1.32. The molecular formula is C44H36N4O3S. The molecule has 1 unspecified atom stereocenters. The number of hydrogen-bond donors (Lipinski definition) is 1. The lowest BCUT2D eigenvalue weighted by Crippen LogP contribution is -2.18. The van der Waals surface area contributed by atoms with Crippen molar-refractivity contribution in [1.29, 1.82) is 10.5 Å². The molecule has 1 aliphatic heterocycles. The van der Waals surface area contributed by atoms with Crippen LogP contribution in [0.15, 0.2) is 120 Å². The van der Waals surface area contributed by atoms with Crippen molar-refractivity contribution in [3.8, 4) is 52.0 Å². The van der Waals surface area contributed by atoms with Gasteiger partial charge in [-0.05, 0) is 101 Å². The van der Waals surface area contributed by atoms with Crippen LogP contribution in [0.1, 0.15) is 66.0 Å². The molecule has 0 aliphatic carbocycles. The van der Waals surface area contributed by atoms with E-state index in [9.17, 15) is 15.2 Å². The normalized spacial score (nSPS) is 13.8. The summed E-state index contributed by atoms with van der Waals surface area (Å²) in [6.07, 6.45) is 6.66. The number of carboxylic acid groups (broad SMARTS) is 1. The first-order chi connectivity index (χ1) is 25.4. The molecule has 1 atom stereocenters. The highest BCUT2D eigenvalue weighted by molar-refractivity contribution is 7.13. The number of hydrogen-bond acceptors (Lipinski definition) is 7. The molecule has 52 heavy (non-hydrogen) atoms. The van der Waals surface area contributed by atoms with Crippen molar-refractivity contribution in [3.05, 3.63) is 136 Å². The summed E-state index contributed by atoms with van der Waals surface area (Å²) in [5.74, 6) is 6.06. The summed E-state index contributed by atoms with van der Waals surface area (Å²) in [7, 11) is 0. The third-order valence-corrected chi connectivity index (χ3v) is 9.68. The Kier molecular flexibility index (Phi) is 11.6. The van der Waals surface area contributed by atoms with Gasteiger partial charge in [0.05, 0.1) is 34.8 Å². The number of nitrogens with zero attached hydrogens (tertiary/aromatic N) is 4. The molecule has 0 bridgehead atoms. The van der Waals surface area contributed by atoms with Crippen LogP contribution in [-0.4, -0.2) is 23.4 Å². The van der Waals surface area contributed by atoms with E-state index in [1.165, 1.54) is 36.7 Å². The lowest BCUT2D eigenvalue weighted by Gasteiger charge is -2.24. The average Bonchev–Trinajstić information content (AvgIpc) is 3.83. The fraction of sp³-hybridized carbons (Fsp3) is 0.182. The van der Waals surface area contributed by atoms with Crippen molar-refractivity contribution in [2.24, 2.45) is 5.10 Å². The quantitative estimate of drug-likeness (QED) is 0.0600. The van der Waals surface area contributed by atoms with Crippen molar-refractivity contribution in [2.45, 2.75) is 45.1 Å². The van der Waals surface area contributed by atoms with Crippen LogP contribution in [0, 0.1) is 34.5 Å². The second-order valence-electron chi connectivity index (χ2n) is 12.3. The van der Waals surface area contributed by atoms with Gasteiger partial charge in [0, 0.05) is 11.3 Å². The van der Waals surface area contributed by atoms with Gasteiger partial charge < -0.3 is 9.84 Å². The van der Waals surface area contributed by atoms with Gasteiger partial charge in [0.15, 0.2) is 0 Å². The number of nitriles is 2. The molecule has 2 heterocycles. The van der Waals surface area contributed by atoms with E-state index >= 15 is 0 Å². The fourth-order valence-electron chi connectivity index (χ4n) is 5.90. The van der Waals surface area contributed by atoms with Crippen LogP contribution < -0.4 is 9.75 Å². The van der Waals surface area contributed by atoms with Gasteiger partial charge in [0.1, 0.15) is 23.1 Å². The lowest BCUT2D eigenvalue weighted by molar-refractivity contribution is -0.132. The first-order valence-corrected chi connectivity index (χ1v) is 18.0. The van der Waals surface area contributed by atoms with Gasteiger partial charge in [-0.2, -0.15) is 15.6 Å². The van der Waals surface area contributed by atoms with Crippen molar-refractivity contribution < 1.29 is 14.6 Å². The molecule has 7 nitrogen and oxygen atoms in total. The van der Waals surface area contributed by atoms with Crippen LogP contribution in [-0.2, 0) is 4.79 Å².